The van der Waals surface area contributed by atoms with E-state index in [1.54, 1.807) is 6.92 Å². The molecular weight excluding hydrogens is 392 g/mol. The topological polar surface area (TPSA) is 34.1 Å². The van der Waals surface area contributed by atoms with E-state index in [1.165, 1.54) is 50.5 Å². The van der Waals surface area contributed by atoms with Gasteiger partial charge in [-0.05, 0) is 104 Å². The van der Waals surface area contributed by atoms with Gasteiger partial charge in [-0.3, -0.25) is 4.79 Å². The molecule has 8 unspecified atom stereocenters. The first-order chi connectivity index (χ1) is 15.1. The number of Topliss-reactive ketones (excluding diaryl/α,β-unsaturated/α-hetero) is 1. The van der Waals surface area contributed by atoms with Gasteiger partial charge >= 0.3 is 0 Å². The van der Waals surface area contributed by atoms with Gasteiger partial charge in [0.15, 0.2) is 5.78 Å². The monoisotopic (exact) mass is 440 g/mol. The lowest BCUT2D eigenvalue weighted by Gasteiger charge is -2.60. The quantitative estimate of drug-likeness (QED) is 0.404. The van der Waals surface area contributed by atoms with E-state index in [0.717, 1.165) is 42.4 Å². The molecule has 4 aliphatic rings. The van der Waals surface area contributed by atoms with E-state index < -0.39 is 0 Å². The average Bonchev–Trinajstić information content (AvgIpc) is 3.06. The molecule has 0 heterocycles. The normalized spacial score (nSPS) is 42.2. The SMILES string of the molecule is CC(=O)CC1CC2C(CCC3(C)C(C(C)CCCC(C)C)CCC23)C2(C)CCC(=O)C=C12. The van der Waals surface area contributed by atoms with Crippen molar-refractivity contribution in [2.45, 2.75) is 112 Å². The number of allylic oxidation sites excluding steroid dienone is 1. The van der Waals surface area contributed by atoms with Crippen LogP contribution in [0.4, 0.5) is 0 Å². The van der Waals surface area contributed by atoms with Gasteiger partial charge in [-0.25, -0.2) is 0 Å². The number of hydrogen-bond acceptors (Lipinski definition) is 2. The third kappa shape index (κ3) is 4.18. The Balaban J connectivity index is 1.58. The smallest absolute Gasteiger partial charge is 0.155 e. The van der Waals surface area contributed by atoms with Crippen LogP contribution in [0, 0.1) is 52.3 Å². The Hall–Kier alpha value is -0.920. The van der Waals surface area contributed by atoms with Crippen molar-refractivity contribution in [2.75, 3.05) is 0 Å². The summed E-state index contributed by atoms with van der Waals surface area (Å²) in [6, 6.07) is 0. The van der Waals surface area contributed by atoms with Crippen LogP contribution < -0.4 is 0 Å². The summed E-state index contributed by atoms with van der Waals surface area (Å²) in [5.74, 6) is 5.64. The Kier molecular flexibility index (Phi) is 6.83. The van der Waals surface area contributed by atoms with Crippen molar-refractivity contribution < 1.29 is 9.59 Å². The zero-order valence-corrected chi connectivity index (χ0v) is 21.7. The van der Waals surface area contributed by atoms with Crippen LogP contribution >= 0.6 is 0 Å². The molecule has 32 heavy (non-hydrogen) atoms. The van der Waals surface area contributed by atoms with Gasteiger partial charge in [-0.1, -0.05) is 59.5 Å². The fourth-order valence-electron chi connectivity index (χ4n) is 9.35. The summed E-state index contributed by atoms with van der Waals surface area (Å²) in [4.78, 5) is 24.6. The van der Waals surface area contributed by atoms with Gasteiger partial charge in [-0.15, -0.1) is 0 Å². The van der Waals surface area contributed by atoms with Crippen molar-refractivity contribution >= 4 is 11.6 Å². The number of fused-ring (bicyclic) bond motifs is 5. The molecular formula is C30H48O2. The highest BCUT2D eigenvalue weighted by Crippen LogP contribution is 2.68. The lowest BCUT2D eigenvalue weighted by molar-refractivity contribution is -0.122. The van der Waals surface area contributed by atoms with Crippen molar-refractivity contribution in [1.82, 2.24) is 0 Å². The van der Waals surface area contributed by atoms with Crippen LogP contribution in [0.1, 0.15) is 112 Å². The highest BCUT2D eigenvalue weighted by molar-refractivity contribution is 5.92. The number of hydrogen-bond donors (Lipinski definition) is 0. The Labute approximate surface area is 197 Å². The second kappa shape index (κ2) is 9.03. The summed E-state index contributed by atoms with van der Waals surface area (Å²) in [7, 11) is 0. The summed E-state index contributed by atoms with van der Waals surface area (Å²) in [5, 5.41) is 0. The van der Waals surface area contributed by atoms with E-state index >= 15 is 0 Å². The number of rotatable bonds is 7. The van der Waals surface area contributed by atoms with Crippen LogP contribution in [0.5, 0.6) is 0 Å². The van der Waals surface area contributed by atoms with Crippen LogP contribution in [0.25, 0.3) is 0 Å². The van der Waals surface area contributed by atoms with E-state index in [-0.39, 0.29) is 11.2 Å². The van der Waals surface area contributed by atoms with E-state index in [1.807, 2.05) is 6.08 Å². The Morgan fingerprint density at radius 1 is 1.06 bits per heavy atom. The van der Waals surface area contributed by atoms with Crippen LogP contribution in [-0.2, 0) is 9.59 Å². The minimum Gasteiger partial charge on any atom is -0.300 e. The average molecular weight is 441 g/mol. The molecule has 4 rings (SSSR count). The molecule has 0 saturated heterocycles. The van der Waals surface area contributed by atoms with Crippen LogP contribution in [0.2, 0.25) is 0 Å². The Morgan fingerprint density at radius 3 is 2.50 bits per heavy atom. The first kappa shape index (κ1) is 24.2. The zero-order valence-electron chi connectivity index (χ0n) is 21.7. The number of carbonyl (C=O) groups excluding carboxylic acids is 2. The summed E-state index contributed by atoms with van der Waals surface area (Å²) >= 11 is 0. The Morgan fingerprint density at radius 2 is 1.81 bits per heavy atom. The van der Waals surface area contributed by atoms with Crippen molar-refractivity contribution in [3.8, 4) is 0 Å². The minimum atomic E-state index is 0.138. The van der Waals surface area contributed by atoms with Gasteiger partial charge in [0.1, 0.15) is 5.78 Å². The maximum atomic E-state index is 12.4. The standard InChI is InChI=1S/C30H48O2/c1-19(2)8-7-9-20(3)25-10-11-26-24-17-22(16-21(4)31)28-18-23(32)12-14-30(28,6)27(24)13-15-29(25,26)5/h18-20,22,24-27H,7-17H2,1-6H3. The number of ketones is 2. The maximum absolute atomic E-state index is 12.4. The fraction of sp³-hybridized carbons (Fsp3) is 0.867. The van der Waals surface area contributed by atoms with Gasteiger partial charge in [0.2, 0.25) is 0 Å². The molecule has 0 aliphatic heterocycles. The second-order valence-corrected chi connectivity index (χ2v) is 13.2. The number of carbonyl (C=O) groups is 2. The van der Waals surface area contributed by atoms with E-state index in [2.05, 4.69) is 34.6 Å². The van der Waals surface area contributed by atoms with Gasteiger partial charge in [0.05, 0.1) is 0 Å². The molecule has 0 radical (unpaired) electrons. The molecule has 0 spiro atoms. The minimum absolute atomic E-state index is 0.138. The van der Waals surface area contributed by atoms with Crippen LogP contribution in [0.3, 0.4) is 0 Å². The maximum Gasteiger partial charge on any atom is 0.155 e. The molecule has 2 heteroatoms. The molecule has 2 nitrogen and oxygen atoms in total. The zero-order chi connectivity index (χ0) is 23.3. The third-order valence-electron chi connectivity index (χ3n) is 10.9. The first-order valence-corrected chi connectivity index (χ1v) is 13.8. The molecule has 0 N–H and O–H groups in total. The van der Waals surface area contributed by atoms with Gasteiger partial charge in [0.25, 0.3) is 0 Å². The largest absolute Gasteiger partial charge is 0.300 e. The highest BCUT2D eigenvalue weighted by Gasteiger charge is 2.60. The van der Waals surface area contributed by atoms with E-state index in [9.17, 15) is 9.59 Å². The molecule has 0 aromatic heterocycles. The van der Waals surface area contributed by atoms with Crippen LogP contribution in [0.15, 0.2) is 11.6 Å². The second-order valence-electron chi connectivity index (χ2n) is 13.2. The van der Waals surface area contributed by atoms with Gasteiger partial charge < -0.3 is 4.79 Å². The third-order valence-corrected chi connectivity index (χ3v) is 10.9. The summed E-state index contributed by atoms with van der Waals surface area (Å²) < 4.78 is 0. The van der Waals surface area contributed by atoms with Gasteiger partial charge in [-0.2, -0.15) is 0 Å². The molecule has 0 aromatic rings. The molecule has 3 saturated carbocycles. The first-order valence-electron chi connectivity index (χ1n) is 13.8. The predicted molar refractivity (Wildman–Crippen MR) is 132 cm³/mol. The summed E-state index contributed by atoms with van der Waals surface area (Å²) in [5.41, 5.74) is 1.96. The Bertz CT molecular complexity index is 763. The van der Waals surface area contributed by atoms with Gasteiger partial charge in [0, 0.05) is 12.8 Å². The summed E-state index contributed by atoms with van der Waals surface area (Å²) in [6.07, 6.45) is 15.1. The predicted octanol–water partition coefficient (Wildman–Crippen LogP) is 7.80. The highest BCUT2D eigenvalue weighted by atomic mass is 16.1. The fourth-order valence-corrected chi connectivity index (χ4v) is 9.35. The van der Waals surface area contributed by atoms with Crippen molar-refractivity contribution in [2.24, 2.45) is 52.3 Å². The van der Waals surface area contributed by atoms with E-state index in [4.69, 9.17) is 0 Å². The lowest BCUT2D eigenvalue weighted by atomic mass is 9.44. The van der Waals surface area contributed by atoms with Crippen molar-refractivity contribution in [1.29, 1.82) is 0 Å². The van der Waals surface area contributed by atoms with Crippen LogP contribution in [-0.4, -0.2) is 11.6 Å². The molecule has 4 aliphatic carbocycles. The molecule has 0 amide bonds. The van der Waals surface area contributed by atoms with Crippen molar-refractivity contribution in [3.63, 3.8) is 0 Å². The molecule has 0 aromatic carbocycles. The summed E-state index contributed by atoms with van der Waals surface area (Å²) in [6.45, 7) is 14.1. The molecule has 8 atom stereocenters. The lowest BCUT2D eigenvalue weighted by Crippen LogP contribution is -2.53. The van der Waals surface area contributed by atoms with Crippen molar-refractivity contribution in [3.05, 3.63) is 11.6 Å². The molecule has 3 fully saturated rings. The molecule has 180 valence electrons. The van der Waals surface area contributed by atoms with E-state index in [0.29, 0.717) is 35.9 Å². The molecule has 0 bridgehead atoms.